The Morgan fingerprint density at radius 3 is 2.43 bits per heavy atom. The maximum absolute atomic E-state index is 12.9. The predicted octanol–water partition coefficient (Wildman–Crippen LogP) is 2.74. The van der Waals surface area contributed by atoms with Crippen LogP contribution in [-0.4, -0.2) is 27.7 Å². The molecule has 2 rings (SSSR count). The molecule has 0 bridgehead atoms. The standard InChI is InChI=1S/C15H14FNO3S/c1-17-11(8-13(18)19)7-12(21-2)14(17)15(20)9-3-5-10(16)6-4-9/h3-7H,8H2,1-2H3,(H,18,19). The van der Waals surface area contributed by atoms with E-state index >= 15 is 0 Å². The number of aromatic nitrogens is 1. The number of carbonyl (C=O) groups is 2. The normalized spacial score (nSPS) is 10.6. The van der Waals surface area contributed by atoms with Gasteiger partial charge in [-0.2, -0.15) is 0 Å². The Morgan fingerprint density at radius 2 is 1.90 bits per heavy atom. The zero-order valence-electron chi connectivity index (χ0n) is 11.6. The molecule has 0 spiro atoms. The summed E-state index contributed by atoms with van der Waals surface area (Å²) in [5.74, 6) is -1.61. The molecule has 6 heteroatoms. The molecule has 0 aliphatic heterocycles. The van der Waals surface area contributed by atoms with E-state index in [1.807, 2.05) is 6.26 Å². The van der Waals surface area contributed by atoms with E-state index in [4.69, 9.17) is 5.11 Å². The molecule has 1 aromatic carbocycles. The predicted molar refractivity (Wildman–Crippen MR) is 78.4 cm³/mol. The first-order chi connectivity index (χ1) is 9.93. The van der Waals surface area contributed by atoms with Gasteiger partial charge in [-0.3, -0.25) is 9.59 Å². The molecule has 0 aliphatic rings. The van der Waals surface area contributed by atoms with Gasteiger partial charge >= 0.3 is 5.97 Å². The van der Waals surface area contributed by atoms with Crippen molar-refractivity contribution in [2.75, 3.05) is 6.26 Å². The molecule has 4 nitrogen and oxygen atoms in total. The summed E-state index contributed by atoms with van der Waals surface area (Å²) in [7, 11) is 1.66. The minimum absolute atomic E-state index is 0.152. The van der Waals surface area contributed by atoms with Gasteiger partial charge in [0.2, 0.25) is 5.78 Å². The van der Waals surface area contributed by atoms with Crippen molar-refractivity contribution in [3.05, 3.63) is 53.1 Å². The summed E-state index contributed by atoms with van der Waals surface area (Å²) in [6, 6.07) is 7.01. The fraction of sp³-hybridized carbons (Fsp3) is 0.200. The number of rotatable bonds is 5. The van der Waals surface area contributed by atoms with E-state index in [-0.39, 0.29) is 12.2 Å². The van der Waals surface area contributed by atoms with Crippen LogP contribution in [0.15, 0.2) is 35.2 Å². The van der Waals surface area contributed by atoms with Gasteiger partial charge in [-0.25, -0.2) is 4.39 Å². The van der Waals surface area contributed by atoms with Crippen molar-refractivity contribution in [2.24, 2.45) is 7.05 Å². The van der Waals surface area contributed by atoms with Gasteiger partial charge in [-0.05, 0) is 36.6 Å². The van der Waals surface area contributed by atoms with E-state index < -0.39 is 11.8 Å². The summed E-state index contributed by atoms with van der Waals surface area (Å²) in [5.41, 5.74) is 1.34. The van der Waals surface area contributed by atoms with Crippen molar-refractivity contribution in [1.82, 2.24) is 4.57 Å². The number of carboxylic acid groups (broad SMARTS) is 1. The van der Waals surface area contributed by atoms with Gasteiger partial charge in [-0.1, -0.05) is 0 Å². The van der Waals surface area contributed by atoms with Crippen LogP contribution in [0.3, 0.4) is 0 Å². The summed E-state index contributed by atoms with van der Waals surface area (Å²) in [6.45, 7) is 0. The molecule has 0 fully saturated rings. The molecule has 0 saturated carbocycles. The number of halogens is 1. The lowest BCUT2D eigenvalue weighted by atomic mass is 10.1. The molecule has 21 heavy (non-hydrogen) atoms. The first-order valence-corrected chi connectivity index (χ1v) is 7.41. The second kappa shape index (κ2) is 6.13. The van der Waals surface area contributed by atoms with Gasteiger partial charge in [-0.15, -0.1) is 11.8 Å². The van der Waals surface area contributed by atoms with Crippen LogP contribution < -0.4 is 0 Å². The molecule has 0 aliphatic carbocycles. The van der Waals surface area contributed by atoms with Crippen molar-refractivity contribution in [1.29, 1.82) is 0 Å². The highest BCUT2D eigenvalue weighted by Crippen LogP contribution is 2.27. The fourth-order valence-corrected chi connectivity index (χ4v) is 2.78. The summed E-state index contributed by atoms with van der Waals surface area (Å²) < 4.78 is 14.5. The largest absolute Gasteiger partial charge is 0.481 e. The average Bonchev–Trinajstić information content (AvgIpc) is 2.75. The molecule has 110 valence electrons. The van der Waals surface area contributed by atoms with Crippen LogP contribution in [-0.2, 0) is 18.3 Å². The van der Waals surface area contributed by atoms with E-state index in [0.29, 0.717) is 21.8 Å². The lowest BCUT2D eigenvalue weighted by molar-refractivity contribution is -0.136. The molecule has 2 aromatic rings. The summed E-state index contributed by atoms with van der Waals surface area (Å²) >= 11 is 1.37. The van der Waals surface area contributed by atoms with Gasteiger partial charge in [0.05, 0.1) is 6.42 Å². The quantitative estimate of drug-likeness (QED) is 0.681. The van der Waals surface area contributed by atoms with Crippen LogP contribution in [0.25, 0.3) is 0 Å². The highest BCUT2D eigenvalue weighted by molar-refractivity contribution is 7.98. The molecular formula is C15H14FNO3S. The maximum Gasteiger partial charge on any atom is 0.309 e. The number of hydrogen-bond acceptors (Lipinski definition) is 3. The molecule has 0 amide bonds. The maximum atomic E-state index is 12.9. The van der Waals surface area contributed by atoms with Gasteiger partial charge in [0.15, 0.2) is 0 Å². The van der Waals surface area contributed by atoms with Crippen LogP contribution in [0.5, 0.6) is 0 Å². The SMILES string of the molecule is CSc1cc(CC(=O)O)n(C)c1C(=O)c1ccc(F)cc1. The zero-order valence-corrected chi connectivity index (χ0v) is 12.4. The number of hydrogen-bond donors (Lipinski definition) is 1. The van der Waals surface area contributed by atoms with Crippen LogP contribution in [0, 0.1) is 5.82 Å². The average molecular weight is 307 g/mol. The van der Waals surface area contributed by atoms with Crippen molar-refractivity contribution in [3.8, 4) is 0 Å². The van der Waals surface area contributed by atoms with E-state index in [9.17, 15) is 14.0 Å². The first kappa shape index (κ1) is 15.3. The molecule has 0 unspecified atom stereocenters. The van der Waals surface area contributed by atoms with Crippen molar-refractivity contribution in [2.45, 2.75) is 11.3 Å². The Hall–Kier alpha value is -2.08. The lowest BCUT2D eigenvalue weighted by Gasteiger charge is -2.07. The molecule has 0 radical (unpaired) electrons. The monoisotopic (exact) mass is 307 g/mol. The van der Waals surface area contributed by atoms with Crippen molar-refractivity contribution >= 4 is 23.5 Å². The van der Waals surface area contributed by atoms with Crippen LogP contribution >= 0.6 is 11.8 Å². The molecule has 1 heterocycles. The molecule has 0 atom stereocenters. The number of aliphatic carboxylic acids is 1. The van der Waals surface area contributed by atoms with Crippen LogP contribution in [0.4, 0.5) is 4.39 Å². The third-order valence-corrected chi connectivity index (χ3v) is 3.92. The van der Waals surface area contributed by atoms with Gasteiger partial charge in [0, 0.05) is 23.2 Å². The second-order valence-electron chi connectivity index (χ2n) is 4.52. The van der Waals surface area contributed by atoms with E-state index in [0.717, 1.165) is 0 Å². The van der Waals surface area contributed by atoms with Crippen LogP contribution in [0.1, 0.15) is 21.7 Å². The van der Waals surface area contributed by atoms with Gasteiger partial charge in [0.25, 0.3) is 0 Å². The Morgan fingerprint density at radius 1 is 1.29 bits per heavy atom. The van der Waals surface area contributed by atoms with Crippen LogP contribution in [0.2, 0.25) is 0 Å². The number of carboxylic acids is 1. The number of carbonyl (C=O) groups excluding carboxylic acids is 1. The number of benzene rings is 1. The second-order valence-corrected chi connectivity index (χ2v) is 5.37. The van der Waals surface area contributed by atoms with E-state index in [2.05, 4.69) is 0 Å². The van der Waals surface area contributed by atoms with E-state index in [1.165, 1.54) is 36.0 Å². The smallest absolute Gasteiger partial charge is 0.309 e. The number of ketones is 1. The highest BCUT2D eigenvalue weighted by Gasteiger charge is 2.21. The topological polar surface area (TPSA) is 59.3 Å². The first-order valence-electron chi connectivity index (χ1n) is 6.18. The summed E-state index contributed by atoms with van der Waals surface area (Å²) in [4.78, 5) is 24.1. The third-order valence-electron chi connectivity index (χ3n) is 3.17. The van der Waals surface area contributed by atoms with Gasteiger partial charge < -0.3 is 9.67 Å². The zero-order chi connectivity index (χ0) is 15.6. The molecule has 1 aromatic heterocycles. The fourth-order valence-electron chi connectivity index (χ4n) is 2.11. The van der Waals surface area contributed by atoms with Gasteiger partial charge in [0.1, 0.15) is 11.5 Å². The minimum Gasteiger partial charge on any atom is -0.481 e. The number of nitrogens with zero attached hydrogens (tertiary/aromatic N) is 1. The Kier molecular flexibility index (Phi) is 4.47. The Labute approximate surface area is 125 Å². The molecular weight excluding hydrogens is 293 g/mol. The Bertz CT molecular complexity index is 692. The summed E-state index contributed by atoms with van der Waals surface area (Å²) in [5, 5.41) is 8.90. The molecule has 0 saturated heterocycles. The molecule has 1 N–H and O–H groups in total. The van der Waals surface area contributed by atoms with Crippen molar-refractivity contribution in [3.63, 3.8) is 0 Å². The minimum atomic E-state index is -0.955. The summed E-state index contributed by atoms with van der Waals surface area (Å²) in [6.07, 6.45) is 1.67. The lowest BCUT2D eigenvalue weighted by Crippen LogP contribution is -2.12. The van der Waals surface area contributed by atoms with Crippen molar-refractivity contribution < 1.29 is 19.1 Å². The number of thioether (sulfide) groups is 1. The Balaban J connectivity index is 2.46. The third kappa shape index (κ3) is 3.16. The highest BCUT2D eigenvalue weighted by atomic mass is 32.2. The van der Waals surface area contributed by atoms with E-state index in [1.54, 1.807) is 17.7 Å².